The van der Waals surface area contributed by atoms with Gasteiger partial charge in [-0.15, -0.1) is 0 Å². The molecule has 0 saturated carbocycles. The number of hydrogen-bond acceptors (Lipinski definition) is 5. The molecule has 1 atom stereocenters. The maximum Gasteiger partial charge on any atom is 0.671 e. The summed E-state index contributed by atoms with van der Waals surface area (Å²) in [7, 11) is -4.32. The standard InChI is InChI=1S/C3H11NO4Si/c1-3(2-4)8-9(5,6)7/h3,5-7H,2,4H2,1H3. The molecule has 0 heterocycles. The van der Waals surface area contributed by atoms with E-state index in [4.69, 9.17) is 20.1 Å². The highest BCUT2D eigenvalue weighted by molar-refractivity contribution is 6.48. The van der Waals surface area contributed by atoms with Gasteiger partial charge in [0.15, 0.2) is 0 Å². The smallest absolute Gasteiger partial charge is 0.368 e. The molecule has 0 rings (SSSR count). The summed E-state index contributed by atoms with van der Waals surface area (Å²) >= 11 is 0. The lowest BCUT2D eigenvalue weighted by atomic mass is 10.4. The van der Waals surface area contributed by atoms with Gasteiger partial charge in [0.25, 0.3) is 0 Å². The first-order valence-corrected chi connectivity index (χ1v) is 4.25. The lowest BCUT2D eigenvalue weighted by Gasteiger charge is -2.14. The zero-order valence-corrected chi connectivity index (χ0v) is 6.11. The van der Waals surface area contributed by atoms with Crippen molar-refractivity contribution >= 4 is 9.05 Å². The highest BCUT2D eigenvalue weighted by atomic mass is 28.4. The third kappa shape index (κ3) is 5.89. The summed E-state index contributed by atoms with van der Waals surface area (Å²) in [6.07, 6.45) is -0.517. The van der Waals surface area contributed by atoms with Crippen LogP contribution in [0.3, 0.4) is 0 Å². The predicted octanol–water partition coefficient (Wildman–Crippen LogP) is -2.24. The van der Waals surface area contributed by atoms with Gasteiger partial charge >= 0.3 is 9.05 Å². The summed E-state index contributed by atoms with van der Waals surface area (Å²) in [4.78, 5) is 24.9. The zero-order chi connectivity index (χ0) is 7.49. The largest absolute Gasteiger partial charge is 0.671 e. The van der Waals surface area contributed by atoms with Crippen molar-refractivity contribution in [1.29, 1.82) is 0 Å². The molecule has 0 spiro atoms. The van der Waals surface area contributed by atoms with Gasteiger partial charge < -0.3 is 24.5 Å². The molecule has 1 unspecified atom stereocenters. The van der Waals surface area contributed by atoms with E-state index in [0.717, 1.165) is 0 Å². The molecule has 0 amide bonds. The number of hydrogen-bond donors (Lipinski definition) is 4. The molecule has 0 aliphatic rings. The van der Waals surface area contributed by atoms with Crippen LogP contribution in [0.4, 0.5) is 0 Å². The van der Waals surface area contributed by atoms with Gasteiger partial charge in [-0.1, -0.05) is 0 Å². The van der Waals surface area contributed by atoms with Gasteiger partial charge in [-0.05, 0) is 6.92 Å². The van der Waals surface area contributed by atoms with Crippen molar-refractivity contribution in [2.45, 2.75) is 13.0 Å². The molecule has 0 fully saturated rings. The fourth-order valence-corrected chi connectivity index (χ4v) is 0.954. The average Bonchev–Trinajstić information content (AvgIpc) is 1.62. The Hall–Kier alpha value is 0.0169. The summed E-state index contributed by atoms with van der Waals surface area (Å²) < 4.78 is 4.27. The van der Waals surface area contributed by atoms with Gasteiger partial charge in [0.05, 0.1) is 6.10 Å². The van der Waals surface area contributed by atoms with E-state index < -0.39 is 15.2 Å². The minimum absolute atomic E-state index is 0.149. The Bertz CT molecular complexity index is 82.4. The Kier molecular flexibility index (Phi) is 3.26. The number of nitrogens with two attached hydrogens (primary N) is 1. The van der Waals surface area contributed by atoms with E-state index in [1.54, 1.807) is 0 Å². The first-order valence-electron chi connectivity index (χ1n) is 2.50. The number of rotatable bonds is 3. The van der Waals surface area contributed by atoms with Crippen molar-refractivity contribution in [3.8, 4) is 0 Å². The van der Waals surface area contributed by atoms with Crippen molar-refractivity contribution in [3.05, 3.63) is 0 Å². The SMILES string of the molecule is CC(CN)O[Si](O)(O)O. The van der Waals surface area contributed by atoms with Gasteiger partial charge in [0.1, 0.15) is 0 Å². The van der Waals surface area contributed by atoms with Crippen LogP contribution in [0.5, 0.6) is 0 Å². The molecular formula is C3H11NO4Si. The Morgan fingerprint density at radius 2 is 2.00 bits per heavy atom. The van der Waals surface area contributed by atoms with Crippen LogP contribution in [-0.2, 0) is 4.43 Å². The summed E-state index contributed by atoms with van der Waals surface area (Å²) in [5, 5.41) is 0. The van der Waals surface area contributed by atoms with E-state index in [9.17, 15) is 0 Å². The van der Waals surface area contributed by atoms with Crippen LogP contribution in [0.2, 0.25) is 0 Å². The van der Waals surface area contributed by atoms with Crippen LogP contribution in [0.1, 0.15) is 6.92 Å². The Morgan fingerprint density at radius 1 is 1.56 bits per heavy atom. The molecule has 5 nitrogen and oxygen atoms in total. The quantitative estimate of drug-likeness (QED) is 0.344. The molecule has 0 aliphatic carbocycles. The topological polar surface area (TPSA) is 95.9 Å². The van der Waals surface area contributed by atoms with Crippen molar-refractivity contribution in [2.24, 2.45) is 5.73 Å². The highest BCUT2D eigenvalue weighted by Gasteiger charge is 2.32. The van der Waals surface area contributed by atoms with Crippen LogP contribution in [0, 0.1) is 0 Å². The molecule has 0 aromatic heterocycles. The van der Waals surface area contributed by atoms with Crippen LogP contribution in [0.25, 0.3) is 0 Å². The Balaban J connectivity index is 3.47. The lowest BCUT2D eigenvalue weighted by Crippen LogP contribution is -2.43. The van der Waals surface area contributed by atoms with Crippen LogP contribution < -0.4 is 5.73 Å². The van der Waals surface area contributed by atoms with E-state index in [1.807, 2.05) is 0 Å². The van der Waals surface area contributed by atoms with Crippen LogP contribution in [0.15, 0.2) is 0 Å². The van der Waals surface area contributed by atoms with Gasteiger partial charge in [0, 0.05) is 6.54 Å². The van der Waals surface area contributed by atoms with Gasteiger partial charge in [-0.2, -0.15) is 0 Å². The molecule has 56 valence electrons. The molecular weight excluding hydrogens is 142 g/mol. The fraction of sp³-hybridized carbons (Fsp3) is 1.00. The van der Waals surface area contributed by atoms with Crippen molar-refractivity contribution in [2.75, 3.05) is 6.54 Å². The van der Waals surface area contributed by atoms with Crippen LogP contribution in [-0.4, -0.2) is 36.1 Å². The minimum Gasteiger partial charge on any atom is -0.368 e. The minimum atomic E-state index is -4.32. The Labute approximate surface area is 54.2 Å². The van der Waals surface area contributed by atoms with Crippen molar-refractivity contribution in [1.82, 2.24) is 0 Å². The second kappa shape index (κ2) is 3.25. The molecule has 9 heavy (non-hydrogen) atoms. The second-order valence-electron chi connectivity index (χ2n) is 1.74. The maximum absolute atomic E-state index is 8.29. The summed E-state index contributed by atoms with van der Waals surface area (Å²) in [5.74, 6) is 0. The zero-order valence-electron chi connectivity index (χ0n) is 5.11. The van der Waals surface area contributed by atoms with E-state index in [0.29, 0.717) is 0 Å². The molecule has 5 N–H and O–H groups in total. The van der Waals surface area contributed by atoms with Crippen molar-refractivity contribution in [3.63, 3.8) is 0 Å². The molecule has 6 heteroatoms. The van der Waals surface area contributed by atoms with Crippen LogP contribution >= 0.6 is 0 Å². The van der Waals surface area contributed by atoms with Gasteiger partial charge in [0.2, 0.25) is 0 Å². The average molecular weight is 153 g/mol. The van der Waals surface area contributed by atoms with E-state index in [-0.39, 0.29) is 6.54 Å². The molecule has 0 aromatic carbocycles. The van der Waals surface area contributed by atoms with Crippen molar-refractivity contribution < 1.29 is 18.8 Å². The summed E-state index contributed by atoms with van der Waals surface area (Å²) in [5.41, 5.74) is 5.04. The van der Waals surface area contributed by atoms with E-state index in [1.165, 1.54) is 6.92 Å². The normalized spacial score (nSPS) is 15.7. The first-order chi connectivity index (χ1) is 3.95. The first kappa shape index (κ1) is 9.02. The molecule has 0 bridgehead atoms. The van der Waals surface area contributed by atoms with Gasteiger partial charge in [-0.3, -0.25) is 0 Å². The van der Waals surface area contributed by atoms with E-state index in [2.05, 4.69) is 4.43 Å². The monoisotopic (exact) mass is 153 g/mol. The molecule has 0 saturated heterocycles. The third-order valence-corrected chi connectivity index (χ3v) is 1.41. The summed E-state index contributed by atoms with van der Waals surface area (Å²) in [6, 6.07) is 0. The molecule has 0 aromatic rings. The second-order valence-corrected chi connectivity index (χ2v) is 3.12. The summed E-state index contributed by atoms with van der Waals surface area (Å²) in [6.45, 7) is 1.68. The Morgan fingerprint density at radius 3 is 2.11 bits per heavy atom. The molecule has 0 aliphatic heterocycles. The maximum atomic E-state index is 8.29. The highest BCUT2D eigenvalue weighted by Crippen LogP contribution is 1.94. The van der Waals surface area contributed by atoms with E-state index >= 15 is 0 Å². The predicted molar refractivity (Wildman–Crippen MR) is 32.0 cm³/mol. The van der Waals surface area contributed by atoms with Gasteiger partial charge in [-0.25, -0.2) is 0 Å². The lowest BCUT2D eigenvalue weighted by molar-refractivity contribution is 0.0331. The molecule has 0 radical (unpaired) electrons. The fourth-order valence-electron chi connectivity index (χ4n) is 0.318. The third-order valence-electron chi connectivity index (χ3n) is 0.691.